The molecule has 0 aliphatic carbocycles. The van der Waals surface area contributed by atoms with Crippen LogP contribution in [-0.4, -0.2) is 30.4 Å². The largest absolute Gasteiger partial charge is 0.479 e. The summed E-state index contributed by atoms with van der Waals surface area (Å²) in [7, 11) is 0. The van der Waals surface area contributed by atoms with Crippen LogP contribution in [0.5, 0.6) is 0 Å². The molecule has 0 radical (unpaired) electrons. The standard InChI is InChI=1S/C11H13NO5/c13-10(14)8-17-12-11(15)16-7-6-9-4-2-1-3-5-9/h1-5H,6-8H2,(H,12,15)(H,13,14). The quantitative estimate of drug-likeness (QED) is 0.722. The Bertz CT molecular complexity index is 365. The van der Waals surface area contributed by atoms with Gasteiger partial charge in [-0.05, 0) is 5.56 Å². The van der Waals surface area contributed by atoms with Gasteiger partial charge in [-0.3, -0.25) is 4.84 Å². The maximum Gasteiger partial charge on any atom is 0.431 e. The van der Waals surface area contributed by atoms with E-state index >= 15 is 0 Å². The highest BCUT2D eigenvalue weighted by Crippen LogP contribution is 1.99. The van der Waals surface area contributed by atoms with Crippen molar-refractivity contribution >= 4 is 12.1 Å². The molecule has 0 atom stereocenters. The normalized spacial score (nSPS) is 9.65. The van der Waals surface area contributed by atoms with E-state index in [4.69, 9.17) is 9.84 Å². The molecule has 0 spiro atoms. The van der Waals surface area contributed by atoms with Crippen molar-refractivity contribution in [2.45, 2.75) is 6.42 Å². The second-order valence-corrected chi connectivity index (χ2v) is 3.16. The highest BCUT2D eigenvalue weighted by atomic mass is 16.7. The minimum absolute atomic E-state index is 0.201. The maximum atomic E-state index is 11.0. The number of ether oxygens (including phenoxy) is 1. The molecule has 92 valence electrons. The molecule has 6 nitrogen and oxygen atoms in total. The van der Waals surface area contributed by atoms with Gasteiger partial charge < -0.3 is 9.84 Å². The molecular weight excluding hydrogens is 226 g/mol. The Hall–Kier alpha value is -2.08. The second kappa shape index (κ2) is 7.24. The van der Waals surface area contributed by atoms with E-state index in [9.17, 15) is 9.59 Å². The Morgan fingerprint density at radius 2 is 1.94 bits per heavy atom. The van der Waals surface area contributed by atoms with Crippen LogP contribution in [0.4, 0.5) is 4.79 Å². The number of amides is 1. The number of carbonyl (C=O) groups is 2. The number of carboxylic acids is 1. The summed E-state index contributed by atoms with van der Waals surface area (Å²) in [5.41, 5.74) is 2.91. The molecule has 1 aromatic rings. The van der Waals surface area contributed by atoms with E-state index in [0.717, 1.165) is 5.56 Å². The molecule has 0 fully saturated rings. The Morgan fingerprint density at radius 1 is 1.24 bits per heavy atom. The number of carbonyl (C=O) groups excluding carboxylic acids is 1. The molecule has 0 heterocycles. The van der Waals surface area contributed by atoms with Crippen LogP contribution in [-0.2, 0) is 20.8 Å². The summed E-state index contributed by atoms with van der Waals surface area (Å²) in [4.78, 5) is 25.4. The van der Waals surface area contributed by atoms with E-state index in [1.54, 1.807) is 0 Å². The topological polar surface area (TPSA) is 84.9 Å². The molecule has 6 heteroatoms. The van der Waals surface area contributed by atoms with Crippen molar-refractivity contribution in [3.8, 4) is 0 Å². The van der Waals surface area contributed by atoms with Gasteiger partial charge in [0.1, 0.15) is 0 Å². The van der Waals surface area contributed by atoms with Gasteiger partial charge >= 0.3 is 12.1 Å². The zero-order valence-corrected chi connectivity index (χ0v) is 9.09. The van der Waals surface area contributed by atoms with Gasteiger partial charge in [0.2, 0.25) is 0 Å². The summed E-state index contributed by atoms with van der Waals surface area (Å²) in [6.45, 7) is -0.403. The lowest BCUT2D eigenvalue weighted by molar-refractivity contribution is -0.144. The fourth-order valence-corrected chi connectivity index (χ4v) is 1.09. The molecule has 0 aliphatic rings. The number of hydroxylamine groups is 1. The van der Waals surface area contributed by atoms with Gasteiger partial charge in [0.15, 0.2) is 6.61 Å². The van der Waals surface area contributed by atoms with Crippen molar-refractivity contribution < 1.29 is 24.3 Å². The fraction of sp³-hybridized carbons (Fsp3) is 0.273. The smallest absolute Gasteiger partial charge is 0.431 e. The minimum atomic E-state index is -1.17. The summed E-state index contributed by atoms with van der Waals surface area (Å²) < 4.78 is 4.76. The van der Waals surface area contributed by atoms with E-state index in [1.807, 2.05) is 35.8 Å². The molecule has 0 bridgehead atoms. The van der Waals surface area contributed by atoms with E-state index in [-0.39, 0.29) is 6.61 Å². The monoisotopic (exact) mass is 239 g/mol. The highest BCUT2D eigenvalue weighted by Gasteiger charge is 2.03. The summed E-state index contributed by atoms with van der Waals surface area (Å²) in [5.74, 6) is -1.17. The molecule has 0 saturated heterocycles. The van der Waals surface area contributed by atoms with E-state index in [2.05, 4.69) is 4.84 Å². The van der Waals surface area contributed by atoms with Crippen LogP contribution in [0.3, 0.4) is 0 Å². The molecule has 0 saturated carbocycles. The Kier molecular flexibility index (Phi) is 5.53. The van der Waals surface area contributed by atoms with E-state index in [0.29, 0.717) is 6.42 Å². The van der Waals surface area contributed by atoms with Crippen molar-refractivity contribution in [1.82, 2.24) is 5.48 Å². The molecule has 0 aromatic heterocycles. The molecule has 0 aliphatic heterocycles. The van der Waals surface area contributed by atoms with Crippen molar-refractivity contribution in [2.75, 3.05) is 13.2 Å². The number of nitrogens with one attached hydrogen (secondary N) is 1. The molecule has 0 unspecified atom stereocenters. The number of rotatable bonds is 6. The predicted octanol–water partition coefficient (Wildman–Crippen LogP) is 0.971. The molecular formula is C11H13NO5. The Balaban J connectivity index is 2.10. The highest BCUT2D eigenvalue weighted by molar-refractivity contribution is 5.69. The lowest BCUT2D eigenvalue weighted by Gasteiger charge is -2.05. The number of hydrogen-bond acceptors (Lipinski definition) is 4. The van der Waals surface area contributed by atoms with Crippen LogP contribution in [0.1, 0.15) is 5.56 Å². The van der Waals surface area contributed by atoms with E-state index in [1.165, 1.54) is 0 Å². The minimum Gasteiger partial charge on any atom is -0.479 e. The lowest BCUT2D eigenvalue weighted by Crippen LogP contribution is -2.27. The Morgan fingerprint density at radius 3 is 2.59 bits per heavy atom. The van der Waals surface area contributed by atoms with Crippen LogP contribution < -0.4 is 5.48 Å². The molecule has 2 N–H and O–H groups in total. The maximum absolute atomic E-state index is 11.0. The lowest BCUT2D eigenvalue weighted by atomic mass is 10.2. The first-order valence-electron chi connectivity index (χ1n) is 4.99. The summed E-state index contributed by atoms with van der Waals surface area (Å²) in [5, 5.41) is 8.23. The van der Waals surface area contributed by atoms with Crippen molar-refractivity contribution in [3.63, 3.8) is 0 Å². The zero-order valence-electron chi connectivity index (χ0n) is 9.09. The number of aliphatic carboxylic acids is 1. The van der Waals surface area contributed by atoms with Crippen LogP contribution in [0.15, 0.2) is 30.3 Å². The SMILES string of the molecule is O=C(O)CONC(=O)OCCc1ccccc1. The number of benzene rings is 1. The van der Waals surface area contributed by atoms with Crippen LogP contribution in [0.25, 0.3) is 0 Å². The van der Waals surface area contributed by atoms with Gasteiger partial charge in [-0.2, -0.15) is 5.48 Å². The van der Waals surface area contributed by atoms with Crippen LogP contribution in [0.2, 0.25) is 0 Å². The average molecular weight is 239 g/mol. The van der Waals surface area contributed by atoms with Gasteiger partial charge in [-0.1, -0.05) is 30.3 Å². The van der Waals surface area contributed by atoms with Gasteiger partial charge in [0.05, 0.1) is 6.61 Å². The third kappa shape index (κ3) is 6.16. The van der Waals surface area contributed by atoms with Crippen molar-refractivity contribution in [2.24, 2.45) is 0 Å². The predicted molar refractivity (Wildman–Crippen MR) is 58.2 cm³/mol. The summed E-state index contributed by atoms with van der Waals surface area (Å²) in [6.07, 6.45) is -0.213. The van der Waals surface area contributed by atoms with Crippen LogP contribution in [0, 0.1) is 0 Å². The molecule has 1 rings (SSSR count). The average Bonchev–Trinajstić information content (AvgIpc) is 2.30. The summed E-state index contributed by atoms with van der Waals surface area (Å²) in [6, 6.07) is 9.53. The van der Waals surface area contributed by atoms with Gasteiger partial charge in [0, 0.05) is 6.42 Å². The van der Waals surface area contributed by atoms with Gasteiger partial charge in [-0.25, -0.2) is 9.59 Å². The Labute approximate surface area is 98.1 Å². The molecule has 17 heavy (non-hydrogen) atoms. The van der Waals surface area contributed by atoms with Crippen molar-refractivity contribution in [1.29, 1.82) is 0 Å². The van der Waals surface area contributed by atoms with Gasteiger partial charge in [0.25, 0.3) is 0 Å². The second-order valence-electron chi connectivity index (χ2n) is 3.16. The molecule has 1 amide bonds. The van der Waals surface area contributed by atoms with Crippen molar-refractivity contribution in [3.05, 3.63) is 35.9 Å². The fourth-order valence-electron chi connectivity index (χ4n) is 1.09. The first-order valence-corrected chi connectivity index (χ1v) is 4.99. The van der Waals surface area contributed by atoms with E-state index < -0.39 is 18.7 Å². The van der Waals surface area contributed by atoms with Crippen LogP contribution >= 0.6 is 0 Å². The first kappa shape index (κ1) is 13.0. The number of hydrogen-bond donors (Lipinski definition) is 2. The zero-order chi connectivity index (χ0) is 12.5. The molecule has 1 aromatic carbocycles. The number of carboxylic acid groups (broad SMARTS) is 1. The third-order valence-corrected chi connectivity index (χ3v) is 1.82. The summed E-state index contributed by atoms with van der Waals surface area (Å²) >= 11 is 0. The third-order valence-electron chi connectivity index (χ3n) is 1.82. The first-order chi connectivity index (χ1) is 8.18. The van der Waals surface area contributed by atoms with Gasteiger partial charge in [-0.15, -0.1) is 0 Å².